The zero-order valence-corrected chi connectivity index (χ0v) is 14.2. The fourth-order valence-corrected chi connectivity index (χ4v) is 6.06. The molecule has 0 saturated carbocycles. The first-order chi connectivity index (χ1) is 6.59. The number of rotatable bonds is 3. The molecule has 1 rings (SSSR count). The van der Waals surface area contributed by atoms with Crippen molar-refractivity contribution in [3.63, 3.8) is 0 Å². The first-order valence-corrected chi connectivity index (χ1v) is 10.8. The second-order valence-corrected chi connectivity index (χ2v) is 8.22. The summed E-state index contributed by atoms with van der Waals surface area (Å²) in [5.41, 5.74) is 0. The van der Waals surface area contributed by atoms with E-state index in [-0.39, 0.29) is 24.5 Å². The molecule has 6 heteroatoms. The number of carbonyl (C=O) groups is 1. The van der Waals surface area contributed by atoms with Crippen molar-refractivity contribution in [1.82, 2.24) is 0 Å². The van der Waals surface area contributed by atoms with Gasteiger partial charge in [0, 0.05) is 0 Å². The van der Waals surface area contributed by atoms with E-state index >= 15 is 0 Å². The van der Waals surface area contributed by atoms with Crippen molar-refractivity contribution in [3.8, 4) is 0 Å². The van der Waals surface area contributed by atoms with Crippen LogP contribution in [0.4, 0.5) is 0 Å². The Morgan fingerprint density at radius 2 is 2.14 bits per heavy atom. The molecule has 78 valence electrons. The molecule has 0 aliphatic carbocycles. The number of hydrogen-bond donors (Lipinski definition) is 0. The molecule has 1 aliphatic heterocycles. The predicted molar refractivity (Wildman–Crippen MR) is 42.5 cm³/mol. The summed E-state index contributed by atoms with van der Waals surface area (Å²) in [6.07, 6.45) is -0.400. The first kappa shape index (κ1) is 12.4. The van der Waals surface area contributed by atoms with Crippen molar-refractivity contribution >= 4 is 5.97 Å². The SMILES string of the molecule is CC(=O)[O][Hg][CH2][C@@H]1O[C@@H](C)OOC1C. The van der Waals surface area contributed by atoms with Crippen molar-refractivity contribution in [1.29, 1.82) is 0 Å². The van der Waals surface area contributed by atoms with Gasteiger partial charge in [-0.3, -0.25) is 0 Å². The minimum absolute atomic E-state index is 0.0137. The maximum absolute atomic E-state index is 10.6. The van der Waals surface area contributed by atoms with Gasteiger partial charge >= 0.3 is 96.1 Å². The Labute approximate surface area is 96.1 Å². The van der Waals surface area contributed by atoms with E-state index in [4.69, 9.17) is 17.2 Å². The number of hydrogen-bond acceptors (Lipinski definition) is 5. The van der Waals surface area contributed by atoms with Gasteiger partial charge in [-0.05, 0) is 0 Å². The zero-order valence-electron chi connectivity index (χ0n) is 8.69. The quantitative estimate of drug-likeness (QED) is 0.532. The normalized spacial score (nSPS) is 32.1. The average molecular weight is 391 g/mol. The topological polar surface area (TPSA) is 54.0 Å². The second-order valence-electron chi connectivity index (χ2n) is 3.27. The molecular weight excluding hydrogens is 377 g/mol. The van der Waals surface area contributed by atoms with E-state index in [1.54, 1.807) is 6.92 Å². The molecule has 1 fully saturated rings. The van der Waals surface area contributed by atoms with Gasteiger partial charge in [0.2, 0.25) is 0 Å². The summed E-state index contributed by atoms with van der Waals surface area (Å²) in [7, 11) is 0. The third-order valence-corrected chi connectivity index (χ3v) is 7.44. The summed E-state index contributed by atoms with van der Waals surface area (Å²) in [5.74, 6) is -0.180. The molecule has 5 nitrogen and oxygen atoms in total. The van der Waals surface area contributed by atoms with Crippen LogP contribution < -0.4 is 0 Å². The molecule has 0 aromatic carbocycles. The Kier molecular flexibility index (Phi) is 5.29. The number of ether oxygens (including phenoxy) is 1. The van der Waals surface area contributed by atoms with E-state index in [2.05, 4.69) is 0 Å². The fourth-order valence-electron chi connectivity index (χ4n) is 1.23. The van der Waals surface area contributed by atoms with Crippen molar-refractivity contribution in [2.45, 2.75) is 43.2 Å². The van der Waals surface area contributed by atoms with Crippen molar-refractivity contribution in [2.24, 2.45) is 0 Å². The molecule has 0 aromatic heterocycles. The minimum atomic E-state index is -1.56. The Hall–Kier alpha value is 0.285. The fraction of sp³-hybridized carbons (Fsp3) is 0.875. The Morgan fingerprint density at radius 1 is 1.43 bits per heavy atom. The van der Waals surface area contributed by atoms with E-state index in [0.29, 0.717) is 0 Å². The maximum atomic E-state index is 10.6. The zero-order chi connectivity index (χ0) is 10.6. The molecule has 1 unspecified atom stereocenters. The van der Waals surface area contributed by atoms with Crippen LogP contribution >= 0.6 is 0 Å². The summed E-state index contributed by atoms with van der Waals surface area (Å²) in [6, 6.07) is 0. The molecule has 1 heterocycles. The Morgan fingerprint density at radius 3 is 2.79 bits per heavy atom. The van der Waals surface area contributed by atoms with E-state index in [0.717, 1.165) is 3.93 Å². The summed E-state index contributed by atoms with van der Waals surface area (Å²) >= 11 is -1.56. The third-order valence-electron chi connectivity index (χ3n) is 1.94. The van der Waals surface area contributed by atoms with Gasteiger partial charge in [-0.1, -0.05) is 0 Å². The molecule has 1 aliphatic rings. The van der Waals surface area contributed by atoms with Crippen LogP contribution in [0.15, 0.2) is 0 Å². The van der Waals surface area contributed by atoms with Crippen LogP contribution in [0.5, 0.6) is 0 Å². The van der Waals surface area contributed by atoms with Crippen LogP contribution in [-0.4, -0.2) is 24.5 Å². The predicted octanol–water partition coefficient (Wildman–Crippen LogP) is 1.05. The Bertz CT molecular complexity index is 198. The average Bonchev–Trinajstić information content (AvgIpc) is 2.10. The van der Waals surface area contributed by atoms with Gasteiger partial charge < -0.3 is 0 Å². The second kappa shape index (κ2) is 6.00. The van der Waals surface area contributed by atoms with Crippen LogP contribution in [0, 0.1) is 0 Å². The molecule has 0 amide bonds. The van der Waals surface area contributed by atoms with Gasteiger partial charge in [0.1, 0.15) is 0 Å². The molecule has 0 radical (unpaired) electrons. The van der Waals surface area contributed by atoms with Gasteiger partial charge in [-0.2, -0.15) is 0 Å². The third kappa shape index (κ3) is 4.21. The van der Waals surface area contributed by atoms with E-state index in [1.807, 2.05) is 6.92 Å². The monoisotopic (exact) mass is 392 g/mol. The van der Waals surface area contributed by atoms with Crippen LogP contribution in [0.1, 0.15) is 20.8 Å². The van der Waals surface area contributed by atoms with Crippen LogP contribution in [0.25, 0.3) is 0 Å². The molecule has 0 spiro atoms. The van der Waals surface area contributed by atoms with E-state index in [1.165, 1.54) is 6.92 Å². The van der Waals surface area contributed by atoms with Crippen molar-refractivity contribution in [3.05, 3.63) is 0 Å². The van der Waals surface area contributed by atoms with Crippen LogP contribution in [0.2, 0.25) is 3.93 Å². The summed E-state index contributed by atoms with van der Waals surface area (Å²) in [6.45, 7) is 5.10. The van der Waals surface area contributed by atoms with Gasteiger partial charge in [0.25, 0.3) is 0 Å². The summed E-state index contributed by atoms with van der Waals surface area (Å²) in [4.78, 5) is 20.4. The van der Waals surface area contributed by atoms with E-state index < -0.39 is 25.0 Å². The van der Waals surface area contributed by atoms with Gasteiger partial charge in [0.15, 0.2) is 0 Å². The number of carbonyl (C=O) groups excluding carboxylic acids is 1. The van der Waals surface area contributed by atoms with E-state index in [9.17, 15) is 4.79 Å². The molecular formula is C8H14HgO5. The van der Waals surface area contributed by atoms with Crippen LogP contribution in [0.3, 0.4) is 0 Å². The molecule has 0 aromatic rings. The standard InChI is InChI=1S/C6H11O3.C2H4O2.Hg/c1-4-5(2)8-9-6(3)7-4;1-2(3)4;/h4-6H,1H2,2-3H3;1H3,(H,3,4);/q;;+1/p-1/t4-,5?,6+;;/m0../s1. The Balaban J connectivity index is 2.24. The van der Waals surface area contributed by atoms with Gasteiger partial charge in [0.05, 0.1) is 0 Å². The van der Waals surface area contributed by atoms with Gasteiger partial charge in [-0.15, -0.1) is 0 Å². The van der Waals surface area contributed by atoms with Crippen molar-refractivity contribution in [2.75, 3.05) is 0 Å². The molecule has 1 saturated heterocycles. The van der Waals surface area contributed by atoms with Crippen LogP contribution in [-0.2, 0) is 47.0 Å². The molecule has 3 atom stereocenters. The van der Waals surface area contributed by atoms with Crippen molar-refractivity contribution < 1.29 is 47.0 Å². The molecule has 14 heavy (non-hydrogen) atoms. The molecule has 0 N–H and O–H groups in total. The summed E-state index contributed by atoms with van der Waals surface area (Å²) < 4.78 is 11.4. The molecule has 0 bridgehead atoms. The summed E-state index contributed by atoms with van der Waals surface area (Å²) in [5, 5.41) is 0. The van der Waals surface area contributed by atoms with Gasteiger partial charge in [-0.25, -0.2) is 0 Å². The first-order valence-electron chi connectivity index (χ1n) is 4.70.